The maximum absolute atomic E-state index is 6.39. The first-order valence-electron chi connectivity index (χ1n) is 8.54. The van der Waals surface area contributed by atoms with E-state index in [0.717, 1.165) is 38.2 Å². The summed E-state index contributed by atoms with van der Waals surface area (Å²) in [5.41, 5.74) is 1.55. The van der Waals surface area contributed by atoms with Crippen LogP contribution in [0, 0.1) is 5.92 Å². The van der Waals surface area contributed by atoms with Gasteiger partial charge in [-0.15, -0.1) is 11.3 Å². The smallest absolute Gasteiger partial charge is 0.0969 e. The van der Waals surface area contributed by atoms with Gasteiger partial charge in [-0.2, -0.15) is 0 Å². The standard InChI is InChI=1S/C18H29NOS/c1-5-15-10-16-17(21-15)6-9-20-18(16)7-8-19(12-13(2)3)14(4)11-18/h10,13-14H,5-9,11-12H2,1-4H3/t14-,18+/m0/s1. The van der Waals surface area contributed by atoms with Crippen LogP contribution in [0.3, 0.4) is 0 Å². The number of aryl methyl sites for hydroxylation is 1. The lowest BCUT2D eigenvalue weighted by molar-refractivity contribution is -0.112. The molecule has 3 rings (SSSR count). The molecule has 0 saturated carbocycles. The van der Waals surface area contributed by atoms with Crippen molar-refractivity contribution in [2.75, 3.05) is 19.7 Å². The summed E-state index contributed by atoms with van der Waals surface area (Å²) in [4.78, 5) is 5.78. The van der Waals surface area contributed by atoms with Crippen molar-refractivity contribution < 1.29 is 4.74 Å². The highest BCUT2D eigenvalue weighted by molar-refractivity contribution is 7.12. The van der Waals surface area contributed by atoms with Crippen molar-refractivity contribution in [2.24, 2.45) is 5.92 Å². The van der Waals surface area contributed by atoms with Crippen molar-refractivity contribution in [3.05, 3.63) is 21.4 Å². The fraction of sp³-hybridized carbons (Fsp3) is 0.778. The molecular formula is C18H29NOS. The van der Waals surface area contributed by atoms with Crippen molar-refractivity contribution in [3.63, 3.8) is 0 Å². The van der Waals surface area contributed by atoms with Crippen LogP contribution in [0.1, 0.15) is 55.9 Å². The van der Waals surface area contributed by atoms with Crippen molar-refractivity contribution in [2.45, 2.75) is 65.0 Å². The summed E-state index contributed by atoms with van der Waals surface area (Å²) in [6.45, 7) is 12.6. The van der Waals surface area contributed by atoms with E-state index in [4.69, 9.17) is 4.74 Å². The van der Waals surface area contributed by atoms with Gasteiger partial charge in [-0.05, 0) is 43.7 Å². The minimum Gasteiger partial charge on any atom is -0.370 e. The predicted molar refractivity (Wildman–Crippen MR) is 90.1 cm³/mol. The van der Waals surface area contributed by atoms with Gasteiger partial charge in [0.1, 0.15) is 0 Å². The van der Waals surface area contributed by atoms with Crippen molar-refractivity contribution in [3.8, 4) is 0 Å². The van der Waals surface area contributed by atoms with E-state index >= 15 is 0 Å². The molecule has 1 saturated heterocycles. The monoisotopic (exact) mass is 307 g/mol. The summed E-state index contributed by atoms with van der Waals surface area (Å²) in [5, 5.41) is 0. The molecule has 2 nitrogen and oxygen atoms in total. The number of thiophene rings is 1. The van der Waals surface area contributed by atoms with E-state index in [9.17, 15) is 0 Å². The fourth-order valence-corrected chi connectivity index (χ4v) is 5.19. The molecule has 0 aliphatic carbocycles. The molecule has 1 aromatic rings. The van der Waals surface area contributed by atoms with Crippen LogP contribution < -0.4 is 0 Å². The quantitative estimate of drug-likeness (QED) is 0.829. The molecule has 2 aliphatic heterocycles. The van der Waals surface area contributed by atoms with Crippen molar-refractivity contribution in [1.29, 1.82) is 0 Å². The summed E-state index contributed by atoms with van der Waals surface area (Å²) in [5.74, 6) is 0.747. The molecule has 0 bridgehead atoms. The lowest BCUT2D eigenvalue weighted by Crippen LogP contribution is -2.51. The Morgan fingerprint density at radius 3 is 2.95 bits per heavy atom. The molecule has 0 unspecified atom stereocenters. The number of hydrogen-bond acceptors (Lipinski definition) is 3. The number of hydrogen-bond donors (Lipinski definition) is 0. The third-order valence-electron chi connectivity index (χ3n) is 5.06. The summed E-state index contributed by atoms with van der Waals surface area (Å²) in [6.07, 6.45) is 4.60. The van der Waals surface area contributed by atoms with Gasteiger partial charge >= 0.3 is 0 Å². The zero-order chi connectivity index (χ0) is 15.0. The number of likely N-dealkylation sites (tertiary alicyclic amines) is 1. The van der Waals surface area contributed by atoms with E-state index < -0.39 is 0 Å². The number of nitrogens with zero attached hydrogens (tertiary/aromatic N) is 1. The molecule has 3 heterocycles. The molecule has 118 valence electrons. The van der Waals surface area contributed by atoms with Crippen molar-refractivity contribution in [1.82, 2.24) is 4.90 Å². The summed E-state index contributed by atoms with van der Waals surface area (Å²) < 4.78 is 6.39. The third-order valence-corrected chi connectivity index (χ3v) is 6.40. The normalized spacial score (nSPS) is 30.0. The molecule has 1 aromatic heterocycles. The zero-order valence-corrected chi connectivity index (χ0v) is 14.8. The molecule has 0 N–H and O–H groups in total. The first-order chi connectivity index (χ1) is 10.0. The Balaban J connectivity index is 1.82. The van der Waals surface area contributed by atoms with Crippen LogP contribution in [0.25, 0.3) is 0 Å². The molecule has 21 heavy (non-hydrogen) atoms. The second-order valence-corrected chi connectivity index (χ2v) is 8.41. The van der Waals surface area contributed by atoms with Crippen molar-refractivity contribution >= 4 is 11.3 Å². The maximum Gasteiger partial charge on any atom is 0.0969 e. The average Bonchev–Trinajstić information content (AvgIpc) is 2.87. The minimum absolute atomic E-state index is 0.0183. The number of piperidine rings is 1. The minimum atomic E-state index is 0.0183. The van der Waals surface area contributed by atoms with E-state index in [2.05, 4.69) is 38.7 Å². The molecule has 0 amide bonds. The van der Waals surface area contributed by atoms with E-state index in [0.29, 0.717) is 6.04 Å². The highest BCUT2D eigenvalue weighted by Gasteiger charge is 2.44. The largest absolute Gasteiger partial charge is 0.370 e. The molecule has 1 fully saturated rings. The summed E-state index contributed by atoms with van der Waals surface area (Å²) in [7, 11) is 0. The third kappa shape index (κ3) is 2.93. The van der Waals surface area contributed by atoms with Crippen LogP contribution >= 0.6 is 11.3 Å². The van der Waals surface area contributed by atoms with Crippen LogP contribution in [0.4, 0.5) is 0 Å². The highest BCUT2D eigenvalue weighted by atomic mass is 32.1. The Bertz CT molecular complexity index is 495. The molecule has 0 aromatic carbocycles. The number of fused-ring (bicyclic) bond motifs is 2. The topological polar surface area (TPSA) is 12.5 Å². The van der Waals surface area contributed by atoms with Crippen LogP contribution in [0.15, 0.2) is 6.07 Å². The second kappa shape index (κ2) is 6.02. The Morgan fingerprint density at radius 2 is 2.29 bits per heavy atom. The first-order valence-corrected chi connectivity index (χ1v) is 9.36. The molecule has 2 aliphatic rings. The van der Waals surface area contributed by atoms with Gasteiger partial charge in [-0.1, -0.05) is 20.8 Å². The van der Waals surface area contributed by atoms with Crippen LogP contribution in [0.5, 0.6) is 0 Å². The van der Waals surface area contributed by atoms with Crippen LogP contribution in [-0.4, -0.2) is 30.6 Å². The summed E-state index contributed by atoms with van der Waals surface area (Å²) in [6, 6.07) is 3.07. The van der Waals surface area contributed by atoms with Gasteiger partial charge in [0.05, 0.1) is 12.2 Å². The average molecular weight is 308 g/mol. The van der Waals surface area contributed by atoms with Gasteiger partial charge in [0.2, 0.25) is 0 Å². The van der Waals surface area contributed by atoms with Gasteiger partial charge in [-0.25, -0.2) is 0 Å². The Labute approximate surface area is 133 Å². The number of rotatable bonds is 3. The molecule has 0 radical (unpaired) electrons. The summed E-state index contributed by atoms with van der Waals surface area (Å²) >= 11 is 2.02. The highest BCUT2D eigenvalue weighted by Crippen LogP contribution is 2.46. The molecule has 1 spiro atoms. The Morgan fingerprint density at radius 1 is 1.48 bits per heavy atom. The molecular weight excluding hydrogens is 278 g/mol. The van der Waals surface area contributed by atoms with E-state index in [1.807, 2.05) is 11.3 Å². The van der Waals surface area contributed by atoms with Gasteiger partial charge < -0.3 is 9.64 Å². The Kier molecular flexibility index (Phi) is 4.45. The molecule has 2 atom stereocenters. The lowest BCUT2D eigenvalue weighted by Gasteiger charge is -2.47. The van der Waals surface area contributed by atoms with Crippen LogP contribution in [0.2, 0.25) is 0 Å². The SMILES string of the molecule is CCc1cc2c(s1)CCO[C@@]21CCN(CC(C)C)[C@@H](C)C1. The van der Waals surface area contributed by atoms with E-state index in [1.54, 1.807) is 4.88 Å². The predicted octanol–water partition coefficient (Wildman–Crippen LogP) is 4.22. The second-order valence-electron chi connectivity index (χ2n) is 7.19. The fourth-order valence-electron chi connectivity index (χ4n) is 4.02. The first kappa shape index (κ1) is 15.5. The molecule has 3 heteroatoms. The van der Waals surface area contributed by atoms with Gasteiger partial charge in [0.15, 0.2) is 0 Å². The lowest BCUT2D eigenvalue weighted by atomic mass is 9.79. The van der Waals surface area contributed by atoms with Gasteiger partial charge in [0, 0.05) is 35.3 Å². The number of ether oxygens (including phenoxy) is 1. The zero-order valence-electron chi connectivity index (χ0n) is 13.9. The Hall–Kier alpha value is -0.380. The van der Waals surface area contributed by atoms with E-state index in [1.165, 1.54) is 23.5 Å². The van der Waals surface area contributed by atoms with Gasteiger partial charge in [-0.3, -0.25) is 0 Å². The maximum atomic E-state index is 6.39. The van der Waals surface area contributed by atoms with E-state index in [-0.39, 0.29) is 5.60 Å². The van der Waals surface area contributed by atoms with Crippen LogP contribution in [-0.2, 0) is 23.2 Å². The van der Waals surface area contributed by atoms with Gasteiger partial charge in [0.25, 0.3) is 0 Å².